The number of rotatable bonds is 2. The summed E-state index contributed by atoms with van der Waals surface area (Å²) in [4.78, 5) is 16.8. The zero-order valence-electron chi connectivity index (χ0n) is 10.0. The highest BCUT2D eigenvalue weighted by Crippen LogP contribution is 2.20. The number of hydrogen-bond acceptors (Lipinski definition) is 2. The number of nitrogens with zero attached hydrogens (tertiary/aromatic N) is 1. The Kier molecular flexibility index (Phi) is 3.02. The van der Waals surface area contributed by atoms with Gasteiger partial charge in [0.05, 0.1) is 5.52 Å². The smallest absolute Gasteiger partial charge is 0.193 e. The molecule has 0 unspecified atom stereocenters. The van der Waals surface area contributed by atoms with E-state index in [4.69, 9.17) is 11.6 Å². The van der Waals surface area contributed by atoms with Gasteiger partial charge >= 0.3 is 0 Å². The normalized spacial score (nSPS) is 10.6. The summed E-state index contributed by atoms with van der Waals surface area (Å²) >= 11 is 5.84. The molecule has 2 nitrogen and oxygen atoms in total. The molecule has 0 amide bonds. The maximum absolute atomic E-state index is 12.5. The average Bonchev–Trinajstić information content (AvgIpc) is 2.47. The van der Waals surface area contributed by atoms with Crippen molar-refractivity contribution in [2.45, 2.75) is 0 Å². The van der Waals surface area contributed by atoms with Gasteiger partial charge in [0.25, 0.3) is 0 Å². The molecule has 0 saturated heterocycles. The Labute approximate surface area is 115 Å². The lowest BCUT2D eigenvalue weighted by atomic mass is 10.00. The number of pyridine rings is 1. The molecule has 0 spiro atoms. The van der Waals surface area contributed by atoms with Gasteiger partial charge < -0.3 is 0 Å². The topological polar surface area (TPSA) is 30.0 Å². The third-order valence-electron chi connectivity index (χ3n) is 3.00. The number of aromatic nitrogens is 1. The van der Waals surface area contributed by atoms with Gasteiger partial charge in [-0.3, -0.25) is 9.78 Å². The van der Waals surface area contributed by atoms with Crippen LogP contribution in [0.2, 0.25) is 5.02 Å². The first kappa shape index (κ1) is 11.9. The van der Waals surface area contributed by atoms with Crippen LogP contribution in [0.25, 0.3) is 10.9 Å². The van der Waals surface area contributed by atoms with E-state index < -0.39 is 0 Å². The number of halogens is 1. The van der Waals surface area contributed by atoms with Crippen molar-refractivity contribution >= 4 is 28.3 Å². The molecular formula is C16H10ClNO. The van der Waals surface area contributed by atoms with E-state index in [-0.39, 0.29) is 5.78 Å². The van der Waals surface area contributed by atoms with Crippen molar-refractivity contribution in [3.05, 3.63) is 76.9 Å². The van der Waals surface area contributed by atoms with E-state index in [1.54, 1.807) is 36.5 Å². The minimum atomic E-state index is -0.0183. The lowest BCUT2D eigenvalue weighted by Gasteiger charge is -2.05. The molecule has 1 heterocycles. The van der Waals surface area contributed by atoms with E-state index in [1.165, 1.54) is 0 Å². The predicted molar refractivity (Wildman–Crippen MR) is 76.6 cm³/mol. The van der Waals surface area contributed by atoms with Crippen LogP contribution in [0.15, 0.2) is 60.8 Å². The molecule has 0 aliphatic heterocycles. The lowest BCUT2D eigenvalue weighted by Crippen LogP contribution is -2.02. The predicted octanol–water partition coefficient (Wildman–Crippen LogP) is 4.12. The molecule has 0 atom stereocenters. The molecule has 0 radical (unpaired) electrons. The summed E-state index contributed by atoms with van der Waals surface area (Å²) in [5.74, 6) is -0.0183. The first-order valence-corrected chi connectivity index (χ1v) is 6.27. The van der Waals surface area contributed by atoms with Gasteiger partial charge in [0.2, 0.25) is 0 Å². The van der Waals surface area contributed by atoms with Gasteiger partial charge in [-0.25, -0.2) is 0 Å². The van der Waals surface area contributed by atoms with Crippen LogP contribution in [-0.4, -0.2) is 10.8 Å². The molecule has 19 heavy (non-hydrogen) atoms. The quantitative estimate of drug-likeness (QED) is 0.654. The summed E-state index contributed by atoms with van der Waals surface area (Å²) in [7, 11) is 0. The highest BCUT2D eigenvalue weighted by atomic mass is 35.5. The maximum atomic E-state index is 12.5. The Morgan fingerprint density at radius 1 is 0.947 bits per heavy atom. The highest BCUT2D eigenvalue weighted by molar-refractivity contribution is 6.30. The second-order valence-corrected chi connectivity index (χ2v) is 4.65. The largest absolute Gasteiger partial charge is 0.289 e. The number of ketones is 1. The Bertz CT molecular complexity index is 745. The van der Waals surface area contributed by atoms with Gasteiger partial charge in [0, 0.05) is 27.7 Å². The van der Waals surface area contributed by atoms with E-state index in [2.05, 4.69) is 4.98 Å². The van der Waals surface area contributed by atoms with Crippen molar-refractivity contribution in [2.75, 3.05) is 0 Å². The molecule has 3 aromatic rings. The second kappa shape index (κ2) is 4.82. The molecule has 0 saturated carbocycles. The minimum absolute atomic E-state index is 0.0183. The summed E-state index contributed by atoms with van der Waals surface area (Å²) < 4.78 is 0. The third kappa shape index (κ3) is 2.23. The van der Waals surface area contributed by atoms with Crippen molar-refractivity contribution < 1.29 is 4.79 Å². The van der Waals surface area contributed by atoms with Crippen LogP contribution in [0, 0.1) is 0 Å². The molecule has 3 heteroatoms. The van der Waals surface area contributed by atoms with Crippen molar-refractivity contribution in [1.82, 2.24) is 4.98 Å². The van der Waals surface area contributed by atoms with Crippen LogP contribution < -0.4 is 0 Å². The van der Waals surface area contributed by atoms with Crippen LogP contribution in [-0.2, 0) is 0 Å². The number of carbonyl (C=O) groups is 1. The zero-order chi connectivity index (χ0) is 13.2. The van der Waals surface area contributed by atoms with Gasteiger partial charge in [0.15, 0.2) is 5.78 Å². The summed E-state index contributed by atoms with van der Waals surface area (Å²) in [6.45, 7) is 0. The van der Waals surface area contributed by atoms with E-state index >= 15 is 0 Å². The monoisotopic (exact) mass is 267 g/mol. The first-order chi connectivity index (χ1) is 9.25. The zero-order valence-corrected chi connectivity index (χ0v) is 10.8. The number of benzene rings is 2. The lowest BCUT2D eigenvalue weighted by molar-refractivity contribution is 0.104. The average molecular weight is 268 g/mol. The van der Waals surface area contributed by atoms with E-state index in [0.717, 1.165) is 10.9 Å². The van der Waals surface area contributed by atoms with Crippen molar-refractivity contribution in [3.8, 4) is 0 Å². The summed E-state index contributed by atoms with van der Waals surface area (Å²) in [5, 5.41) is 1.49. The summed E-state index contributed by atoms with van der Waals surface area (Å²) in [6.07, 6.45) is 1.66. The molecular weight excluding hydrogens is 258 g/mol. The summed E-state index contributed by atoms with van der Waals surface area (Å²) in [6, 6.07) is 16.3. The van der Waals surface area contributed by atoms with Crippen molar-refractivity contribution in [3.63, 3.8) is 0 Å². The van der Waals surface area contributed by atoms with E-state index in [1.807, 2.05) is 24.3 Å². The van der Waals surface area contributed by atoms with Crippen molar-refractivity contribution in [2.24, 2.45) is 0 Å². The Morgan fingerprint density at radius 3 is 2.47 bits per heavy atom. The highest BCUT2D eigenvalue weighted by Gasteiger charge is 2.12. The molecule has 0 fully saturated rings. The number of carbonyl (C=O) groups excluding carboxylic acids is 1. The van der Waals surface area contributed by atoms with Crippen LogP contribution in [0.5, 0.6) is 0 Å². The molecule has 0 N–H and O–H groups in total. The molecule has 2 aromatic carbocycles. The van der Waals surface area contributed by atoms with Crippen LogP contribution in [0.4, 0.5) is 0 Å². The Morgan fingerprint density at radius 2 is 1.68 bits per heavy atom. The van der Waals surface area contributed by atoms with Crippen LogP contribution >= 0.6 is 11.6 Å². The molecule has 0 aliphatic carbocycles. The minimum Gasteiger partial charge on any atom is -0.289 e. The standard InChI is InChI=1S/C16H10ClNO/c17-12-7-5-11(6-8-12)16(19)14-9-10-18-15-4-2-1-3-13(14)15/h1-10H. The molecule has 3 rings (SSSR count). The number of fused-ring (bicyclic) bond motifs is 1. The van der Waals surface area contributed by atoms with Crippen LogP contribution in [0.3, 0.4) is 0 Å². The van der Waals surface area contributed by atoms with Gasteiger partial charge in [-0.1, -0.05) is 29.8 Å². The fraction of sp³-hybridized carbons (Fsp3) is 0. The first-order valence-electron chi connectivity index (χ1n) is 5.90. The molecule has 0 bridgehead atoms. The molecule has 92 valence electrons. The SMILES string of the molecule is O=C(c1ccc(Cl)cc1)c1ccnc2ccccc12. The number of hydrogen-bond donors (Lipinski definition) is 0. The van der Waals surface area contributed by atoms with Gasteiger partial charge in [-0.05, 0) is 36.4 Å². The van der Waals surface area contributed by atoms with Crippen molar-refractivity contribution in [1.29, 1.82) is 0 Å². The van der Waals surface area contributed by atoms with E-state index in [9.17, 15) is 4.79 Å². The molecule has 1 aromatic heterocycles. The van der Waals surface area contributed by atoms with Gasteiger partial charge in [-0.2, -0.15) is 0 Å². The fourth-order valence-corrected chi connectivity index (χ4v) is 2.18. The second-order valence-electron chi connectivity index (χ2n) is 4.21. The maximum Gasteiger partial charge on any atom is 0.193 e. The fourth-order valence-electron chi connectivity index (χ4n) is 2.05. The Balaban J connectivity index is 2.14. The van der Waals surface area contributed by atoms with Gasteiger partial charge in [-0.15, -0.1) is 0 Å². The Hall–Kier alpha value is -2.19. The van der Waals surface area contributed by atoms with E-state index in [0.29, 0.717) is 16.1 Å². The van der Waals surface area contributed by atoms with Crippen LogP contribution in [0.1, 0.15) is 15.9 Å². The number of para-hydroxylation sites is 1. The third-order valence-corrected chi connectivity index (χ3v) is 3.25. The van der Waals surface area contributed by atoms with Gasteiger partial charge in [0.1, 0.15) is 0 Å². The molecule has 0 aliphatic rings. The summed E-state index contributed by atoms with van der Waals surface area (Å²) in [5.41, 5.74) is 2.11.